The molecular weight excluding hydrogens is 380 g/mol. The number of hydrogen-bond donors (Lipinski definition) is 1. The van der Waals surface area contributed by atoms with Crippen molar-refractivity contribution in [2.24, 2.45) is 0 Å². The van der Waals surface area contributed by atoms with Crippen LogP contribution in [0.15, 0.2) is 42.7 Å². The van der Waals surface area contributed by atoms with E-state index in [1.165, 1.54) is 12.3 Å². The zero-order valence-electron chi connectivity index (χ0n) is 15.7. The highest BCUT2D eigenvalue weighted by atomic mass is 19.1. The fraction of sp³-hybridized carbons (Fsp3) is 0.250. The van der Waals surface area contributed by atoms with Gasteiger partial charge in [0.25, 0.3) is 5.91 Å². The number of halogens is 2. The molecule has 4 rings (SSSR count). The second-order valence-corrected chi connectivity index (χ2v) is 6.63. The maximum Gasteiger partial charge on any atom is 0.276 e. The summed E-state index contributed by atoms with van der Waals surface area (Å²) >= 11 is 0. The Balaban J connectivity index is 1.51. The fourth-order valence-corrected chi connectivity index (χ4v) is 3.14. The van der Waals surface area contributed by atoms with Crippen molar-refractivity contribution in [3.8, 4) is 5.69 Å². The normalized spacial score (nSPS) is 14.1. The molecule has 1 saturated heterocycles. The number of nitrogens with one attached hydrogen (secondary N) is 1. The number of hydrogen-bond acceptors (Lipinski definition) is 5. The van der Waals surface area contributed by atoms with Crippen LogP contribution in [0.3, 0.4) is 0 Å². The van der Waals surface area contributed by atoms with Gasteiger partial charge in [-0.1, -0.05) is 6.07 Å². The minimum atomic E-state index is -0.762. The predicted molar refractivity (Wildman–Crippen MR) is 103 cm³/mol. The number of nitrogens with zero attached hydrogens (tertiary/aromatic N) is 4. The highest BCUT2D eigenvalue weighted by Crippen LogP contribution is 2.20. The molecule has 1 N–H and O–H groups in total. The number of aryl methyl sites for hydroxylation is 1. The van der Waals surface area contributed by atoms with Crippen LogP contribution in [0.1, 0.15) is 16.1 Å². The van der Waals surface area contributed by atoms with Crippen LogP contribution < -0.4 is 10.2 Å². The Labute approximate surface area is 165 Å². The molecular formula is C20H19F2N5O2. The molecule has 0 aliphatic carbocycles. The number of anilines is 2. The molecule has 0 bridgehead atoms. The van der Waals surface area contributed by atoms with Crippen LogP contribution in [0.25, 0.3) is 5.69 Å². The van der Waals surface area contributed by atoms with Crippen LogP contribution in [0.4, 0.5) is 20.3 Å². The Bertz CT molecular complexity index is 1010. The summed E-state index contributed by atoms with van der Waals surface area (Å²) in [7, 11) is 0. The van der Waals surface area contributed by atoms with E-state index in [-0.39, 0.29) is 11.4 Å². The van der Waals surface area contributed by atoms with Crippen LogP contribution in [-0.2, 0) is 4.74 Å². The largest absolute Gasteiger partial charge is 0.378 e. The average molecular weight is 399 g/mol. The van der Waals surface area contributed by atoms with Gasteiger partial charge in [0.15, 0.2) is 17.3 Å². The molecule has 2 aromatic heterocycles. The summed E-state index contributed by atoms with van der Waals surface area (Å²) in [5.41, 5.74) is 0.733. The van der Waals surface area contributed by atoms with Gasteiger partial charge in [-0.15, -0.1) is 0 Å². The number of amides is 1. The molecule has 0 spiro atoms. The highest BCUT2D eigenvalue weighted by molar-refractivity contribution is 6.03. The summed E-state index contributed by atoms with van der Waals surface area (Å²) in [6.45, 7) is 4.50. The first kappa shape index (κ1) is 19.0. The predicted octanol–water partition coefficient (Wildman–Crippen LogP) is 2.94. The van der Waals surface area contributed by atoms with E-state index in [1.807, 2.05) is 6.07 Å². The van der Waals surface area contributed by atoms with Gasteiger partial charge in [0, 0.05) is 24.8 Å². The summed E-state index contributed by atoms with van der Waals surface area (Å²) in [6.07, 6.45) is 2.97. The number of aromatic nitrogens is 3. The van der Waals surface area contributed by atoms with Crippen LogP contribution in [-0.4, -0.2) is 47.0 Å². The lowest BCUT2D eigenvalue weighted by atomic mass is 10.2. The first-order valence-electron chi connectivity index (χ1n) is 9.13. The maximum absolute atomic E-state index is 14.0. The third kappa shape index (κ3) is 3.95. The average Bonchev–Trinajstić information content (AvgIpc) is 3.10. The quantitative estimate of drug-likeness (QED) is 0.730. The van der Waals surface area contributed by atoms with E-state index >= 15 is 0 Å². The highest BCUT2D eigenvalue weighted by Gasteiger charge is 2.19. The summed E-state index contributed by atoms with van der Waals surface area (Å²) in [4.78, 5) is 19.1. The van der Waals surface area contributed by atoms with Crippen LogP contribution in [0, 0.1) is 18.6 Å². The van der Waals surface area contributed by atoms with Gasteiger partial charge in [0.05, 0.1) is 25.1 Å². The van der Waals surface area contributed by atoms with Crippen molar-refractivity contribution in [1.82, 2.24) is 14.8 Å². The number of pyridine rings is 1. The number of carbonyl (C=O) groups is 1. The molecule has 1 amide bonds. The van der Waals surface area contributed by atoms with E-state index in [2.05, 4.69) is 20.3 Å². The molecule has 9 heteroatoms. The second kappa shape index (κ2) is 7.96. The van der Waals surface area contributed by atoms with E-state index in [4.69, 9.17) is 4.74 Å². The number of benzene rings is 1. The zero-order chi connectivity index (χ0) is 20.4. The lowest BCUT2D eigenvalue weighted by Crippen LogP contribution is -2.36. The van der Waals surface area contributed by atoms with Gasteiger partial charge in [-0.05, 0) is 31.2 Å². The Kier molecular flexibility index (Phi) is 5.22. The minimum Gasteiger partial charge on any atom is -0.378 e. The number of rotatable bonds is 4. The topological polar surface area (TPSA) is 72.3 Å². The summed E-state index contributed by atoms with van der Waals surface area (Å²) < 4.78 is 34.4. The molecule has 3 heterocycles. The number of morpholine rings is 1. The molecule has 1 aliphatic heterocycles. The fourth-order valence-electron chi connectivity index (χ4n) is 3.14. The molecule has 29 heavy (non-hydrogen) atoms. The van der Waals surface area contributed by atoms with E-state index in [9.17, 15) is 13.6 Å². The molecule has 1 fully saturated rings. The van der Waals surface area contributed by atoms with Crippen LogP contribution in [0.5, 0.6) is 0 Å². The van der Waals surface area contributed by atoms with Crippen LogP contribution >= 0.6 is 0 Å². The molecule has 1 aromatic carbocycles. The minimum absolute atomic E-state index is 0.0740. The first-order valence-corrected chi connectivity index (χ1v) is 9.13. The molecule has 7 nitrogen and oxygen atoms in total. The maximum atomic E-state index is 14.0. The molecule has 0 saturated carbocycles. The van der Waals surface area contributed by atoms with E-state index in [0.717, 1.165) is 35.7 Å². The lowest BCUT2D eigenvalue weighted by molar-refractivity contribution is 0.102. The Hall–Kier alpha value is -3.33. The Morgan fingerprint density at radius 2 is 1.86 bits per heavy atom. The molecule has 150 valence electrons. The van der Waals surface area contributed by atoms with Gasteiger partial charge in [0.2, 0.25) is 0 Å². The summed E-state index contributed by atoms with van der Waals surface area (Å²) in [5.74, 6) is -1.20. The van der Waals surface area contributed by atoms with Gasteiger partial charge < -0.3 is 15.0 Å². The van der Waals surface area contributed by atoms with E-state index in [1.54, 1.807) is 19.2 Å². The smallest absolute Gasteiger partial charge is 0.276 e. The number of para-hydroxylation sites is 1. The van der Waals surface area contributed by atoms with Crippen molar-refractivity contribution < 1.29 is 18.3 Å². The van der Waals surface area contributed by atoms with Crippen LogP contribution in [0.2, 0.25) is 0 Å². The molecule has 0 radical (unpaired) electrons. The van der Waals surface area contributed by atoms with E-state index < -0.39 is 17.5 Å². The van der Waals surface area contributed by atoms with Gasteiger partial charge in [-0.25, -0.2) is 18.4 Å². The standard InChI is InChI=1S/C20H19F2N5O2/c1-13-12-27(19-15(21)3-2-4-16(19)22)25-18(13)20(28)24-14-5-6-17(23-11-14)26-7-9-29-10-8-26/h2-6,11-12H,7-10H2,1H3,(H,24,28). The lowest BCUT2D eigenvalue weighted by Gasteiger charge is -2.27. The molecule has 3 aromatic rings. The molecule has 1 aliphatic rings. The first-order chi connectivity index (χ1) is 14.0. The van der Waals surface area contributed by atoms with Crippen molar-refractivity contribution in [3.63, 3.8) is 0 Å². The Morgan fingerprint density at radius 1 is 1.14 bits per heavy atom. The van der Waals surface area contributed by atoms with Crippen molar-refractivity contribution in [1.29, 1.82) is 0 Å². The summed E-state index contributed by atoms with van der Waals surface area (Å²) in [5, 5.41) is 6.79. The molecule has 0 atom stereocenters. The SMILES string of the molecule is Cc1cn(-c2c(F)cccc2F)nc1C(=O)Nc1ccc(N2CCOCC2)nc1. The third-order valence-electron chi connectivity index (χ3n) is 4.62. The number of carbonyl (C=O) groups excluding carboxylic acids is 1. The van der Waals surface area contributed by atoms with E-state index in [0.29, 0.717) is 24.5 Å². The van der Waals surface area contributed by atoms with Gasteiger partial charge in [-0.3, -0.25) is 4.79 Å². The Morgan fingerprint density at radius 3 is 2.52 bits per heavy atom. The zero-order valence-corrected chi connectivity index (χ0v) is 15.7. The van der Waals surface area contributed by atoms with Crippen molar-refractivity contribution in [2.75, 3.05) is 36.5 Å². The second-order valence-electron chi connectivity index (χ2n) is 6.63. The third-order valence-corrected chi connectivity index (χ3v) is 4.62. The van der Waals surface area contributed by atoms with Gasteiger partial charge >= 0.3 is 0 Å². The monoisotopic (exact) mass is 399 g/mol. The van der Waals surface area contributed by atoms with Crippen molar-refractivity contribution >= 4 is 17.4 Å². The van der Waals surface area contributed by atoms with Gasteiger partial charge in [0.1, 0.15) is 11.5 Å². The van der Waals surface area contributed by atoms with Crippen molar-refractivity contribution in [3.05, 3.63) is 65.6 Å². The van der Waals surface area contributed by atoms with Gasteiger partial charge in [-0.2, -0.15) is 5.10 Å². The molecule has 0 unspecified atom stereocenters. The van der Waals surface area contributed by atoms with Crippen molar-refractivity contribution in [2.45, 2.75) is 6.92 Å². The number of ether oxygens (including phenoxy) is 1. The summed E-state index contributed by atoms with van der Waals surface area (Å²) in [6, 6.07) is 7.11.